The van der Waals surface area contributed by atoms with Gasteiger partial charge >= 0.3 is 0 Å². The molecule has 2 aliphatic rings. The van der Waals surface area contributed by atoms with Crippen LogP contribution in [0.3, 0.4) is 0 Å². The molecule has 2 unspecified atom stereocenters. The Hall–Kier alpha value is -1.09. The molecule has 0 bridgehead atoms. The number of aromatic nitrogens is 1. The van der Waals surface area contributed by atoms with Crippen molar-refractivity contribution in [3.8, 4) is 0 Å². The van der Waals surface area contributed by atoms with E-state index in [0.29, 0.717) is 24.3 Å². The standard InChI is InChI=1S/C16H23NO2/c1-16(2)9-13-11(14(18)10-16)7-8-17(13)12-5-4-6-15(12)19-3/h7-8,12,15H,4-6,9-10H2,1-3H3. The van der Waals surface area contributed by atoms with Crippen molar-refractivity contribution < 1.29 is 9.53 Å². The van der Waals surface area contributed by atoms with Crippen molar-refractivity contribution in [2.24, 2.45) is 5.41 Å². The van der Waals surface area contributed by atoms with Crippen LogP contribution in [0.5, 0.6) is 0 Å². The number of ether oxygens (including phenoxy) is 1. The predicted molar refractivity (Wildman–Crippen MR) is 74.5 cm³/mol. The molecular formula is C16H23NO2. The third-order valence-electron chi connectivity index (χ3n) is 4.69. The minimum Gasteiger partial charge on any atom is -0.379 e. The van der Waals surface area contributed by atoms with Gasteiger partial charge in [-0.15, -0.1) is 0 Å². The summed E-state index contributed by atoms with van der Waals surface area (Å²) in [6.45, 7) is 4.38. The normalized spacial score (nSPS) is 29.5. The van der Waals surface area contributed by atoms with E-state index in [1.54, 1.807) is 7.11 Å². The third-order valence-corrected chi connectivity index (χ3v) is 4.69. The van der Waals surface area contributed by atoms with E-state index in [2.05, 4.69) is 24.6 Å². The second-order valence-electron chi connectivity index (χ2n) is 6.80. The van der Waals surface area contributed by atoms with E-state index in [1.165, 1.54) is 12.1 Å². The topological polar surface area (TPSA) is 31.2 Å². The first-order valence-electron chi connectivity index (χ1n) is 7.27. The lowest BCUT2D eigenvalue weighted by atomic mass is 9.76. The SMILES string of the molecule is COC1CCCC1n1ccc2c1CC(C)(C)CC2=O. The molecule has 0 N–H and O–H groups in total. The minimum atomic E-state index is 0.0847. The van der Waals surface area contributed by atoms with Gasteiger partial charge in [0.25, 0.3) is 0 Å². The number of carbonyl (C=O) groups excluding carboxylic acids is 1. The van der Waals surface area contributed by atoms with Gasteiger partial charge in [-0.1, -0.05) is 13.8 Å². The molecule has 2 aliphatic carbocycles. The van der Waals surface area contributed by atoms with E-state index in [-0.39, 0.29) is 5.41 Å². The van der Waals surface area contributed by atoms with Crippen LogP contribution in [0.2, 0.25) is 0 Å². The summed E-state index contributed by atoms with van der Waals surface area (Å²) in [4.78, 5) is 12.2. The van der Waals surface area contributed by atoms with Crippen LogP contribution in [0.4, 0.5) is 0 Å². The van der Waals surface area contributed by atoms with E-state index < -0.39 is 0 Å². The lowest BCUT2D eigenvalue weighted by Crippen LogP contribution is -2.30. The number of carbonyl (C=O) groups is 1. The van der Waals surface area contributed by atoms with Crippen LogP contribution in [0.15, 0.2) is 12.3 Å². The van der Waals surface area contributed by atoms with Crippen LogP contribution in [0.1, 0.15) is 61.6 Å². The maximum Gasteiger partial charge on any atom is 0.165 e. The van der Waals surface area contributed by atoms with Gasteiger partial charge in [0, 0.05) is 31.0 Å². The summed E-state index contributed by atoms with van der Waals surface area (Å²) in [6, 6.07) is 2.42. The Bertz CT molecular complexity index is 501. The van der Waals surface area contributed by atoms with Gasteiger partial charge in [0.05, 0.1) is 12.1 Å². The molecule has 0 amide bonds. The predicted octanol–water partition coefficient (Wildman–Crippen LogP) is 3.38. The molecule has 1 fully saturated rings. The van der Waals surface area contributed by atoms with Gasteiger partial charge in [-0.05, 0) is 37.2 Å². The Balaban J connectivity index is 1.99. The van der Waals surface area contributed by atoms with Crippen molar-refractivity contribution in [3.05, 3.63) is 23.5 Å². The Morgan fingerprint density at radius 2 is 2.11 bits per heavy atom. The maximum atomic E-state index is 12.2. The molecule has 0 aliphatic heterocycles. The van der Waals surface area contributed by atoms with Gasteiger partial charge in [0.1, 0.15) is 0 Å². The Labute approximate surface area is 114 Å². The van der Waals surface area contributed by atoms with E-state index >= 15 is 0 Å². The number of nitrogens with zero attached hydrogens (tertiary/aromatic N) is 1. The number of methoxy groups -OCH3 is 1. The molecule has 0 radical (unpaired) electrons. The Morgan fingerprint density at radius 1 is 1.32 bits per heavy atom. The monoisotopic (exact) mass is 261 g/mol. The Morgan fingerprint density at radius 3 is 2.84 bits per heavy atom. The molecule has 1 saturated carbocycles. The molecule has 0 saturated heterocycles. The number of ketones is 1. The van der Waals surface area contributed by atoms with Crippen LogP contribution >= 0.6 is 0 Å². The van der Waals surface area contributed by atoms with Gasteiger partial charge < -0.3 is 9.30 Å². The molecule has 3 nitrogen and oxygen atoms in total. The van der Waals surface area contributed by atoms with Crippen LogP contribution < -0.4 is 0 Å². The zero-order valence-electron chi connectivity index (χ0n) is 12.1. The first-order valence-corrected chi connectivity index (χ1v) is 7.27. The van der Waals surface area contributed by atoms with Crippen molar-refractivity contribution in [1.82, 2.24) is 4.57 Å². The van der Waals surface area contributed by atoms with Gasteiger partial charge in [-0.3, -0.25) is 4.79 Å². The number of hydrogen-bond acceptors (Lipinski definition) is 2. The summed E-state index contributed by atoms with van der Waals surface area (Å²) >= 11 is 0. The van der Waals surface area contributed by atoms with Gasteiger partial charge in [-0.25, -0.2) is 0 Å². The molecule has 1 aromatic rings. The molecule has 0 spiro atoms. The number of fused-ring (bicyclic) bond motifs is 1. The first-order chi connectivity index (χ1) is 9.02. The van der Waals surface area contributed by atoms with Crippen molar-refractivity contribution in [2.75, 3.05) is 7.11 Å². The van der Waals surface area contributed by atoms with E-state index in [4.69, 9.17) is 4.74 Å². The van der Waals surface area contributed by atoms with Crippen molar-refractivity contribution in [2.45, 2.75) is 58.1 Å². The molecule has 104 valence electrons. The van der Waals surface area contributed by atoms with Crippen molar-refractivity contribution in [3.63, 3.8) is 0 Å². The average Bonchev–Trinajstić information content (AvgIpc) is 2.92. The summed E-state index contributed by atoms with van der Waals surface area (Å²) in [5.41, 5.74) is 2.26. The average molecular weight is 261 g/mol. The lowest BCUT2D eigenvalue weighted by molar-refractivity contribution is 0.0726. The van der Waals surface area contributed by atoms with Crippen LogP contribution in [0, 0.1) is 5.41 Å². The smallest absolute Gasteiger partial charge is 0.165 e. The first kappa shape index (κ1) is 12.9. The molecular weight excluding hydrogens is 238 g/mol. The molecule has 0 aromatic carbocycles. The van der Waals surface area contributed by atoms with Gasteiger partial charge in [-0.2, -0.15) is 0 Å². The summed E-state index contributed by atoms with van der Waals surface area (Å²) in [6.07, 6.45) is 7.58. The second kappa shape index (κ2) is 4.48. The molecule has 2 atom stereocenters. The van der Waals surface area contributed by atoms with Crippen LogP contribution in [0.25, 0.3) is 0 Å². The highest BCUT2D eigenvalue weighted by atomic mass is 16.5. The minimum absolute atomic E-state index is 0.0847. The highest BCUT2D eigenvalue weighted by Crippen LogP contribution is 2.40. The van der Waals surface area contributed by atoms with Crippen molar-refractivity contribution >= 4 is 5.78 Å². The zero-order chi connectivity index (χ0) is 13.6. The van der Waals surface area contributed by atoms with E-state index in [9.17, 15) is 4.79 Å². The van der Waals surface area contributed by atoms with Crippen LogP contribution in [-0.2, 0) is 11.2 Å². The summed E-state index contributed by atoms with van der Waals surface area (Å²) in [7, 11) is 1.80. The van der Waals surface area contributed by atoms with Gasteiger partial charge in [0.2, 0.25) is 0 Å². The maximum absolute atomic E-state index is 12.2. The fraction of sp³-hybridized carbons (Fsp3) is 0.688. The molecule has 19 heavy (non-hydrogen) atoms. The summed E-state index contributed by atoms with van der Waals surface area (Å²) in [5.74, 6) is 0.303. The van der Waals surface area contributed by atoms with E-state index in [1.807, 2.05) is 6.07 Å². The second-order valence-corrected chi connectivity index (χ2v) is 6.80. The number of hydrogen-bond donors (Lipinski definition) is 0. The van der Waals surface area contributed by atoms with Crippen molar-refractivity contribution in [1.29, 1.82) is 0 Å². The quantitative estimate of drug-likeness (QED) is 0.817. The fourth-order valence-electron chi connectivity index (χ4n) is 3.78. The zero-order valence-corrected chi connectivity index (χ0v) is 12.1. The molecule has 3 rings (SSSR count). The number of rotatable bonds is 2. The molecule has 1 heterocycles. The van der Waals surface area contributed by atoms with E-state index in [0.717, 1.165) is 24.8 Å². The highest BCUT2D eigenvalue weighted by molar-refractivity contribution is 5.98. The third kappa shape index (κ3) is 2.14. The fourth-order valence-corrected chi connectivity index (χ4v) is 3.78. The number of Topliss-reactive ketones (excluding diaryl/α,β-unsaturated/α-hetero) is 1. The largest absolute Gasteiger partial charge is 0.379 e. The van der Waals surface area contributed by atoms with Crippen LogP contribution in [-0.4, -0.2) is 23.6 Å². The lowest BCUT2D eigenvalue weighted by Gasteiger charge is -2.32. The summed E-state index contributed by atoms with van der Waals surface area (Å²) < 4.78 is 7.94. The molecule has 3 heteroatoms. The van der Waals surface area contributed by atoms with Gasteiger partial charge in [0.15, 0.2) is 5.78 Å². The summed E-state index contributed by atoms with van der Waals surface area (Å²) in [5, 5.41) is 0. The molecule has 1 aromatic heterocycles. The highest BCUT2D eigenvalue weighted by Gasteiger charge is 2.36. The Kier molecular flexibility index (Phi) is 3.05.